The lowest BCUT2D eigenvalue weighted by Crippen LogP contribution is -2.39. The number of cyclic esters (lactones) is 2. The Morgan fingerprint density at radius 1 is 1.39 bits per heavy atom. The van der Waals surface area contributed by atoms with E-state index in [1.54, 1.807) is 0 Å². The zero-order valence-corrected chi connectivity index (χ0v) is 9.88. The molecule has 0 aromatic carbocycles. The smallest absolute Gasteiger partial charge is 0.331 e. The second kappa shape index (κ2) is 4.20. The van der Waals surface area contributed by atoms with E-state index < -0.39 is 35.3 Å². The maximum absolute atomic E-state index is 11.4. The number of aliphatic hydroxyl groups is 1. The summed E-state index contributed by atoms with van der Waals surface area (Å²) >= 11 is 0. The Morgan fingerprint density at radius 3 is 2.61 bits per heavy atom. The number of hydrogen-bond donors (Lipinski definition) is 2. The average molecular weight is 254 g/mol. The number of carbonyl (C=O) groups excluding carboxylic acids is 2. The van der Waals surface area contributed by atoms with Crippen molar-refractivity contribution in [3.05, 3.63) is 11.6 Å². The van der Waals surface area contributed by atoms with Gasteiger partial charge in [0.1, 0.15) is 0 Å². The van der Waals surface area contributed by atoms with Gasteiger partial charge in [0.2, 0.25) is 0 Å². The molecule has 1 aliphatic heterocycles. The molecule has 1 aliphatic carbocycles. The van der Waals surface area contributed by atoms with Crippen LogP contribution in [0.3, 0.4) is 0 Å². The number of carbonyl (C=O) groups is 3. The van der Waals surface area contributed by atoms with Crippen LogP contribution in [0.4, 0.5) is 0 Å². The van der Waals surface area contributed by atoms with Crippen molar-refractivity contribution in [2.45, 2.75) is 31.8 Å². The highest BCUT2D eigenvalue weighted by atomic mass is 16.6. The van der Waals surface area contributed by atoms with Gasteiger partial charge in [-0.15, -0.1) is 0 Å². The van der Waals surface area contributed by atoms with Crippen molar-refractivity contribution in [1.29, 1.82) is 0 Å². The summed E-state index contributed by atoms with van der Waals surface area (Å²) in [4.78, 5) is 33.5. The van der Waals surface area contributed by atoms with Gasteiger partial charge in [0.05, 0.1) is 17.4 Å². The van der Waals surface area contributed by atoms with E-state index in [2.05, 4.69) is 4.74 Å². The van der Waals surface area contributed by atoms with Gasteiger partial charge in [-0.05, 0) is 32.3 Å². The first kappa shape index (κ1) is 12.8. The SMILES string of the molecule is CC(=CC1(O)CCC2C(=O)OC(=O)C2C1)C(=O)O. The summed E-state index contributed by atoms with van der Waals surface area (Å²) in [5, 5.41) is 19.1. The predicted octanol–water partition coefficient (Wildman–Crippen LogP) is 0.248. The molecule has 0 aromatic rings. The van der Waals surface area contributed by atoms with E-state index in [4.69, 9.17) is 5.11 Å². The molecule has 1 heterocycles. The molecule has 2 fully saturated rings. The van der Waals surface area contributed by atoms with Gasteiger partial charge in [-0.1, -0.05) is 0 Å². The van der Waals surface area contributed by atoms with Crippen LogP contribution < -0.4 is 0 Å². The summed E-state index contributed by atoms with van der Waals surface area (Å²) < 4.78 is 4.53. The van der Waals surface area contributed by atoms with Crippen LogP contribution >= 0.6 is 0 Å². The molecule has 6 heteroatoms. The monoisotopic (exact) mass is 254 g/mol. The molecule has 2 aliphatic rings. The van der Waals surface area contributed by atoms with E-state index in [1.165, 1.54) is 13.0 Å². The quantitative estimate of drug-likeness (QED) is 0.416. The van der Waals surface area contributed by atoms with Gasteiger partial charge in [-0.25, -0.2) is 4.79 Å². The molecule has 1 saturated carbocycles. The maximum Gasteiger partial charge on any atom is 0.331 e. The first-order valence-corrected chi connectivity index (χ1v) is 5.73. The van der Waals surface area contributed by atoms with E-state index in [9.17, 15) is 19.5 Å². The average Bonchev–Trinajstić information content (AvgIpc) is 2.53. The fraction of sp³-hybridized carbons (Fsp3) is 0.583. The molecule has 0 radical (unpaired) electrons. The molecule has 2 rings (SSSR count). The highest BCUT2D eigenvalue weighted by molar-refractivity contribution is 5.96. The number of fused-ring (bicyclic) bond motifs is 1. The topological polar surface area (TPSA) is 101 Å². The molecule has 0 bridgehead atoms. The van der Waals surface area contributed by atoms with Gasteiger partial charge >= 0.3 is 17.9 Å². The normalized spacial score (nSPS) is 36.2. The highest BCUT2D eigenvalue weighted by Crippen LogP contribution is 2.42. The minimum absolute atomic E-state index is 0.0219. The number of hydrogen-bond acceptors (Lipinski definition) is 5. The van der Waals surface area contributed by atoms with E-state index >= 15 is 0 Å². The zero-order chi connectivity index (χ0) is 13.5. The number of ether oxygens (including phenoxy) is 1. The van der Waals surface area contributed by atoms with Crippen molar-refractivity contribution in [1.82, 2.24) is 0 Å². The van der Waals surface area contributed by atoms with Crippen LogP contribution in [0.5, 0.6) is 0 Å². The summed E-state index contributed by atoms with van der Waals surface area (Å²) in [6, 6.07) is 0. The Bertz CT molecular complexity index is 451. The summed E-state index contributed by atoms with van der Waals surface area (Å²) in [7, 11) is 0. The van der Waals surface area contributed by atoms with E-state index in [1.807, 2.05) is 0 Å². The largest absolute Gasteiger partial charge is 0.478 e. The Hall–Kier alpha value is -1.69. The van der Waals surface area contributed by atoms with E-state index in [-0.39, 0.29) is 18.4 Å². The second-order valence-corrected chi connectivity index (χ2v) is 4.93. The molecule has 3 unspecified atom stereocenters. The standard InChI is InChI=1S/C12H14O6/c1-6(9(13)14)4-12(17)3-2-7-8(5-12)11(16)18-10(7)15/h4,7-8,17H,2-3,5H2,1H3,(H,13,14). The van der Waals surface area contributed by atoms with Gasteiger partial charge in [-0.3, -0.25) is 9.59 Å². The third-order valence-electron chi connectivity index (χ3n) is 3.58. The van der Waals surface area contributed by atoms with Crippen LogP contribution in [0.25, 0.3) is 0 Å². The number of rotatable bonds is 2. The van der Waals surface area contributed by atoms with Crippen LogP contribution in [0, 0.1) is 11.8 Å². The number of esters is 2. The van der Waals surface area contributed by atoms with Crippen LogP contribution in [0.2, 0.25) is 0 Å². The molecule has 18 heavy (non-hydrogen) atoms. The molecule has 6 nitrogen and oxygen atoms in total. The lowest BCUT2D eigenvalue weighted by molar-refractivity contribution is -0.154. The van der Waals surface area contributed by atoms with Crippen LogP contribution in [-0.2, 0) is 19.1 Å². The van der Waals surface area contributed by atoms with E-state index in [0.29, 0.717) is 6.42 Å². The zero-order valence-electron chi connectivity index (χ0n) is 9.88. The molecule has 1 saturated heterocycles. The molecular formula is C12H14O6. The Kier molecular flexibility index (Phi) is 2.98. The molecule has 0 aromatic heterocycles. The Labute approximate surface area is 103 Å². The summed E-state index contributed by atoms with van der Waals surface area (Å²) in [6.45, 7) is 1.38. The van der Waals surface area contributed by atoms with Crippen LogP contribution in [-0.4, -0.2) is 33.7 Å². The van der Waals surface area contributed by atoms with Gasteiger partial charge in [0.25, 0.3) is 0 Å². The van der Waals surface area contributed by atoms with Crippen molar-refractivity contribution < 1.29 is 29.3 Å². The van der Waals surface area contributed by atoms with Crippen molar-refractivity contribution in [3.8, 4) is 0 Å². The third kappa shape index (κ3) is 2.15. The molecule has 0 spiro atoms. The minimum atomic E-state index is -1.35. The first-order chi connectivity index (χ1) is 8.32. The van der Waals surface area contributed by atoms with Gasteiger partial charge in [0.15, 0.2) is 0 Å². The third-order valence-corrected chi connectivity index (χ3v) is 3.58. The number of aliphatic carboxylic acids is 1. The van der Waals surface area contributed by atoms with Gasteiger partial charge in [-0.2, -0.15) is 0 Å². The molecule has 3 atom stereocenters. The summed E-state index contributed by atoms with van der Waals surface area (Å²) in [5.74, 6) is -3.42. The Balaban J connectivity index is 2.20. The van der Waals surface area contributed by atoms with Crippen molar-refractivity contribution in [3.63, 3.8) is 0 Å². The summed E-state index contributed by atoms with van der Waals surface area (Å²) in [6.07, 6.45) is 1.87. The van der Waals surface area contributed by atoms with Crippen LogP contribution in [0.1, 0.15) is 26.2 Å². The summed E-state index contributed by atoms with van der Waals surface area (Å²) in [5.41, 5.74) is -1.33. The fourth-order valence-electron chi connectivity index (χ4n) is 2.61. The second-order valence-electron chi connectivity index (χ2n) is 4.93. The number of carboxylic acid groups (broad SMARTS) is 1. The molecule has 2 N–H and O–H groups in total. The van der Waals surface area contributed by atoms with Crippen molar-refractivity contribution in [2.24, 2.45) is 11.8 Å². The lowest BCUT2D eigenvalue weighted by atomic mass is 9.72. The molecule has 98 valence electrons. The van der Waals surface area contributed by atoms with Crippen molar-refractivity contribution >= 4 is 17.9 Å². The highest BCUT2D eigenvalue weighted by Gasteiger charge is 2.51. The molecular weight excluding hydrogens is 240 g/mol. The fourth-order valence-corrected chi connectivity index (χ4v) is 2.61. The van der Waals surface area contributed by atoms with Crippen molar-refractivity contribution in [2.75, 3.05) is 0 Å². The lowest BCUT2D eigenvalue weighted by Gasteiger charge is -2.33. The van der Waals surface area contributed by atoms with Crippen LogP contribution in [0.15, 0.2) is 11.6 Å². The minimum Gasteiger partial charge on any atom is -0.478 e. The first-order valence-electron chi connectivity index (χ1n) is 5.73. The maximum atomic E-state index is 11.4. The predicted molar refractivity (Wildman–Crippen MR) is 58.3 cm³/mol. The number of carboxylic acids is 1. The van der Waals surface area contributed by atoms with Gasteiger partial charge < -0.3 is 14.9 Å². The van der Waals surface area contributed by atoms with Gasteiger partial charge in [0, 0.05) is 5.57 Å². The van der Waals surface area contributed by atoms with E-state index in [0.717, 1.165) is 0 Å². The molecule has 0 amide bonds. The Morgan fingerprint density at radius 2 is 2.00 bits per heavy atom.